The Morgan fingerprint density at radius 2 is 1.88 bits per heavy atom. The van der Waals surface area contributed by atoms with Crippen LogP contribution in [0.3, 0.4) is 0 Å². The lowest BCUT2D eigenvalue weighted by atomic mass is 10.1. The number of amides is 1. The van der Waals surface area contributed by atoms with E-state index in [2.05, 4.69) is 10.4 Å². The molecule has 0 fully saturated rings. The summed E-state index contributed by atoms with van der Waals surface area (Å²) in [7, 11) is 0. The fraction of sp³-hybridized carbons (Fsp3) is 0.176. The fourth-order valence-electron chi connectivity index (χ4n) is 2.28. The predicted molar refractivity (Wildman–Crippen MR) is 89.3 cm³/mol. The van der Waals surface area contributed by atoms with Crippen LogP contribution in [0.5, 0.6) is 0 Å². The number of benzene rings is 1. The van der Waals surface area contributed by atoms with E-state index in [0.717, 1.165) is 5.69 Å². The first-order chi connectivity index (χ1) is 11.9. The van der Waals surface area contributed by atoms with Crippen molar-refractivity contribution in [1.29, 1.82) is 0 Å². The van der Waals surface area contributed by atoms with E-state index in [9.17, 15) is 14.4 Å². The standard InChI is InChI=1S/C17H16N4O4/c1-11(22)14-7-19-21(8-14)15-5-3-13(4-6-15)16-9-20(25-17(16)24)10-18-12(2)23/h3-9H,10H2,1-2H3,(H,18,23). The number of ketones is 1. The second-order valence-electron chi connectivity index (χ2n) is 5.51. The average molecular weight is 340 g/mol. The number of carbonyl (C=O) groups is 2. The second kappa shape index (κ2) is 6.60. The summed E-state index contributed by atoms with van der Waals surface area (Å²) in [6.07, 6.45) is 4.69. The molecule has 0 aliphatic heterocycles. The number of aromatic nitrogens is 3. The molecule has 8 heteroatoms. The Balaban J connectivity index is 1.83. The molecule has 1 N–H and O–H groups in total. The maximum atomic E-state index is 12.0. The highest BCUT2D eigenvalue weighted by atomic mass is 16.5. The van der Waals surface area contributed by atoms with Crippen LogP contribution in [-0.2, 0) is 11.5 Å². The van der Waals surface area contributed by atoms with Crippen molar-refractivity contribution in [2.24, 2.45) is 0 Å². The minimum Gasteiger partial charge on any atom is -0.336 e. The molecule has 25 heavy (non-hydrogen) atoms. The lowest BCUT2D eigenvalue weighted by Gasteiger charge is -2.02. The molecule has 2 aromatic heterocycles. The average Bonchev–Trinajstić information content (AvgIpc) is 3.20. The highest BCUT2D eigenvalue weighted by Gasteiger charge is 2.10. The van der Waals surface area contributed by atoms with E-state index < -0.39 is 5.63 Å². The molecule has 0 radical (unpaired) electrons. The van der Waals surface area contributed by atoms with E-state index >= 15 is 0 Å². The highest BCUT2D eigenvalue weighted by molar-refractivity contribution is 5.93. The summed E-state index contributed by atoms with van der Waals surface area (Å²) in [5.41, 5.74) is 1.87. The minimum atomic E-state index is -0.490. The van der Waals surface area contributed by atoms with E-state index in [1.54, 1.807) is 35.1 Å². The predicted octanol–water partition coefficient (Wildman–Crippen LogP) is 1.59. The molecule has 1 aromatic carbocycles. The lowest BCUT2D eigenvalue weighted by Crippen LogP contribution is -2.22. The van der Waals surface area contributed by atoms with Crippen molar-refractivity contribution in [1.82, 2.24) is 19.8 Å². The Morgan fingerprint density at radius 1 is 1.16 bits per heavy atom. The molecule has 0 unspecified atom stereocenters. The molecule has 0 saturated heterocycles. The van der Waals surface area contributed by atoms with Gasteiger partial charge in [0.1, 0.15) is 6.67 Å². The summed E-state index contributed by atoms with van der Waals surface area (Å²) in [5.74, 6) is -0.271. The van der Waals surface area contributed by atoms with Gasteiger partial charge < -0.3 is 9.84 Å². The Bertz CT molecular complexity index is 979. The summed E-state index contributed by atoms with van der Waals surface area (Å²) >= 11 is 0. The molecule has 0 aliphatic rings. The maximum Gasteiger partial charge on any atom is 0.365 e. The third kappa shape index (κ3) is 3.57. The number of nitrogens with one attached hydrogen (secondary N) is 1. The zero-order valence-corrected chi connectivity index (χ0v) is 13.7. The Hall–Kier alpha value is -3.42. The van der Waals surface area contributed by atoms with Crippen LogP contribution in [0, 0.1) is 0 Å². The number of carbonyl (C=O) groups excluding carboxylic acids is 2. The fourth-order valence-corrected chi connectivity index (χ4v) is 2.28. The van der Waals surface area contributed by atoms with Crippen LogP contribution in [-0.4, -0.2) is 26.2 Å². The molecule has 0 bridgehead atoms. The van der Waals surface area contributed by atoms with Gasteiger partial charge in [0, 0.05) is 13.1 Å². The third-order valence-electron chi connectivity index (χ3n) is 3.61. The van der Waals surface area contributed by atoms with Crippen LogP contribution in [0.25, 0.3) is 16.8 Å². The molecule has 0 saturated carbocycles. The Kier molecular flexibility index (Phi) is 4.34. The summed E-state index contributed by atoms with van der Waals surface area (Å²) in [5, 5.41) is 6.69. The number of hydrogen-bond donors (Lipinski definition) is 1. The first-order valence-corrected chi connectivity index (χ1v) is 7.55. The van der Waals surface area contributed by atoms with Crippen LogP contribution in [0.2, 0.25) is 0 Å². The first-order valence-electron chi connectivity index (χ1n) is 7.55. The number of rotatable bonds is 5. The summed E-state index contributed by atoms with van der Waals surface area (Å²) in [6, 6.07) is 7.10. The molecule has 0 atom stereocenters. The van der Waals surface area contributed by atoms with Crippen molar-refractivity contribution in [2.45, 2.75) is 20.5 Å². The molecular formula is C17H16N4O4. The van der Waals surface area contributed by atoms with E-state index in [0.29, 0.717) is 16.7 Å². The summed E-state index contributed by atoms with van der Waals surface area (Å²) < 4.78 is 7.91. The molecule has 128 valence electrons. The SMILES string of the molecule is CC(=O)NCn1cc(-c2ccc(-n3cc(C(C)=O)cn3)cc2)c(=O)o1. The van der Waals surface area contributed by atoms with Gasteiger partial charge in [-0.1, -0.05) is 12.1 Å². The van der Waals surface area contributed by atoms with E-state index in [-0.39, 0.29) is 18.4 Å². The number of Topliss-reactive ketones (excluding diaryl/α,β-unsaturated/α-hetero) is 1. The van der Waals surface area contributed by atoms with Crippen LogP contribution < -0.4 is 10.9 Å². The molecule has 3 aromatic rings. The van der Waals surface area contributed by atoms with Gasteiger partial charge in [-0.25, -0.2) is 9.48 Å². The zero-order valence-electron chi connectivity index (χ0n) is 13.7. The van der Waals surface area contributed by atoms with E-state index in [4.69, 9.17) is 4.52 Å². The number of nitrogens with zero attached hydrogens (tertiary/aromatic N) is 3. The molecule has 1 amide bonds. The molecule has 8 nitrogen and oxygen atoms in total. The lowest BCUT2D eigenvalue weighted by molar-refractivity contribution is -0.119. The van der Waals surface area contributed by atoms with Gasteiger partial charge in [0.15, 0.2) is 5.78 Å². The van der Waals surface area contributed by atoms with Gasteiger partial charge in [0.2, 0.25) is 5.91 Å². The molecule has 2 heterocycles. The second-order valence-corrected chi connectivity index (χ2v) is 5.51. The van der Waals surface area contributed by atoms with Crippen molar-refractivity contribution in [3.63, 3.8) is 0 Å². The normalized spacial score (nSPS) is 10.6. The smallest absolute Gasteiger partial charge is 0.336 e. The Morgan fingerprint density at radius 3 is 2.48 bits per heavy atom. The van der Waals surface area contributed by atoms with Gasteiger partial charge in [-0.15, -0.1) is 0 Å². The zero-order chi connectivity index (χ0) is 18.0. The third-order valence-corrected chi connectivity index (χ3v) is 3.61. The monoisotopic (exact) mass is 340 g/mol. The van der Waals surface area contributed by atoms with Crippen molar-refractivity contribution < 1.29 is 14.1 Å². The van der Waals surface area contributed by atoms with Gasteiger partial charge in [-0.05, 0) is 24.6 Å². The van der Waals surface area contributed by atoms with Crippen LogP contribution >= 0.6 is 0 Å². The minimum absolute atomic E-state index is 0.0546. The van der Waals surface area contributed by atoms with Crippen molar-refractivity contribution in [2.75, 3.05) is 0 Å². The number of hydrogen-bond acceptors (Lipinski definition) is 5. The van der Waals surface area contributed by atoms with Crippen molar-refractivity contribution in [3.05, 3.63) is 58.8 Å². The van der Waals surface area contributed by atoms with Crippen molar-refractivity contribution in [3.8, 4) is 16.8 Å². The molecule has 3 rings (SSSR count). The van der Waals surface area contributed by atoms with E-state index in [1.807, 2.05) is 0 Å². The largest absolute Gasteiger partial charge is 0.365 e. The van der Waals surface area contributed by atoms with Crippen molar-refractivity contribution >= 4 is 11.7 Å². The van der Waals surface area contributed by atoms with Gasteiger partial charge in [0.25, 0.3) is 0 Å². The van der Waals surface area contributed by atoms with Gasteiger partial charge in [0.05, 0.1) is 29.2 Å². The molecule has 0 aliphatic carbocycles. The van der Waals surface area contributed by atoms with Gasteiger partial charge >= 0.3 is 5.63 Å². The molecule has 0 spiro atoms. The van der Waals surface area contributed by atoms with Crippen LogP contribution in [0.15, 0.2) is 52.2 Å². The molecular weight excluding hydrogens is 324 g/mol. The van der Waals surface area contributed by atoms with Crippen LogP contribution in [0.4, 0.5) is 0 Å². The van der Waals surface area contributed by atoms with Gasteiger partial charge in [-0.3, -0.25) is 9.59 Å². The summed E-state index contributed by atoms with van der Waals surface area (Å²) in [4.78, 5) is 34.2. The summed E-state index contributed by atoms with van der Waals surface area (Å²) in [6.45, 7) is 2.95. The maximum absolute atomic E-state index is 12.0. The van der Waals surface area contributed by atoms with E-state index in [1.165, 1.54) is 31.0 Å². The highest BCUT2D eigenvalue weighted by Crippen LogP contribution is 2.18. The first kappa shape index (κ1) is 16.4. The topological polar surface area (TPSA) is 99.1 Å². The van der Waals surface area contributed by atoms with Gasteiger partial charge in [-0.2, -0.15) is 9.84 Å². The van der Waals surface area contributed by atoms with Crippen LogP contribution in [0.1, 0.15) is 24.2 Å². The quantitative estimate of drug-likeness (QED) is 0.711. The Labute approximate surface area is 142 Å².